The van der Waals surface area contributed by atoms with Crippen LogP contribution >= 0.6 is 22.7 Å². The van der Waals surface area contributed by atoms with E-state index in [2.05, 4.69) is 28.5 Å². The molecule has 3 aromatic heterocycles. The summed E-state index contributed by atoms with van der Waals surface area (Å²) in [6.45, 7) is 5.13. The van der Waals surface area contributed by atoms with E-state index < -0.39 is 0 Å². The van der Waals surface area contributed by atoms with Crippen molar-refractivity contribution < 1.29 is 14.3 Å². The Bertz CT molecular complexity index is 1570. The number of rotatable bonds is 7. The topological polar surface area (TPSA) is 101 Å². The van der Waals surface area contributed by atoms with Gasteiger partial charge in [0.25, 0.3) is 0 Å². The van der Waals surface area contributed by atoms with Gasteiger partial charge in [0.2, 0.25) is 5.91 Å². The first-order chi connectivity index (χ1) is 19.3. The highest BCUT2D eigenvalue weighted by Crippen LogP contribution is 2.40. The van der Waals surface area contributed by atoms with Crippen molar-refractivity contribution >= 4 is 44.5 Å². The third-order valence-electron chi connectivity index (χ3n) is 7.73. The van der Waals surface area contributed by atoms with Crippen LogP contribution in [0.3, 0.4) is 0 Å². The number of aromatic nitrogens is 3. The Morgan fingerprint density at radius 1 is 1.20 bits per heavy atom. The summed E-state index contributed by atoms with van der Waals surface area (Å²) in [5, 5.41) is 19.9. The number of aliphatic hydroxyl groups excluding tert-OH is 1. The minimum absolute atomic E-state index is 0.0995. The van der Waals surface area contributed by atoms with Crippen molar-refractivity contribution in [2.75, 3.05) is 44.7 Å². The molecule has 0 radical (unpaired) electrons. The number of β-amino-alcohol motifs (C(OH)–C–C–N with tert-alkyl or cyclic N) is 1. The molecule has 9 nitrogen and oxygen atoms in total. The molecule has 0 spiro atoms. The van der Waals surface area contributed by atoms with E-state index in [9.17, 15) is 19.6 Å². The van der Waals surface area contributed by atoms with Gasteiger partial charge in [-0.15, -0.1) is 11.3 Å². The highest BCUT2D eigenvalue weighted by Gasteiger charge is 2.31. The number of likely N-dealkylation sites (tertiary alicyclic amines) is 2. The molecule has 2 aliphatic heterocycles. The first-order valence-electron chi connectivity index (χ1n) is 13.4. The number of aryl methyl sites for hydroxylation is 1. The summed E-state index contributed by atoms with van der Waals surface area (Å²) < 4.78 is 15.6. The molecule has 2 saturated heterocycles. The fourth-order valence-corrected chi connectivity index (χ4v) is 7.44. The zero-order valence-corrected chi connectivity index (χ0v) is 24.0. The van der Waals surface area contributed by atoms with Gasteiger partial charge in [0.1, 0.15) is 28.3 Å². The van der Waals surface area contributed by atoms with Gasteiger partial charge in [-0.2, -0.15) is 5.26 Å². The maximum atomic E-state index is 13.5. The number of carbonyl (C=O) groups is 1. The van der Waals surface area contributed by atoms with Gasteiger partial charge < -0.3 is 14.9 Å². The van der Waals surface area contributed by atoms with Gasteiger partial charge in [-0.3, -0.25) is 14.1 Å². The maximum absolute atomic E-state index is 13.5. The Kier molecular flexibility index (Phi) is 7.31. The third-order valence-corrected chi connectivity index (χ3v) is 9.91. The van der Waals surface area contributed by atoms with E-state index in [1.807, 2.05) is 11.9 Å². The van der Waals surface area contributed by atoms with E-state index in [4.69, 9.17) is 9.97 Å². The molecule has 40 heavy (non-hydrogen) atoms. The minimum Gasteiger partial charge on any atom is -0.389 e. The number of fused-ring (bicyclic) bond motifs is 1. The van der Waals surface area contributed by atoms with Crippen LogP contribution in [0, 0.1) is 17.1 Å². The largest absolute Gasteiger partial charge is 0.389 e. The Balaban J connectivity index is 1.21. The molecule has 1 amide bonds. The smallest absolute Gasteiger partial charge is 0.236 e. The second-order valence-corrected chi connectivity index (χ2v) is 12.4. The highest BCUT2D eigenvalue weighted by molar-refractivity contribution is 7.17. The molecule has 4 aromatic rings. The molecule has 5 heterocycles. The van der Waals surface area contributed by atoms with Crippen molar-refractivity contribution in [2.24, 2.45) is 0 Å². The number of benzene rings is 1. The zero-order valence-electron chi connectivity index (χ0n) is 22.4. The lowest BCUT2D eigenvalue weighted by Gasteiger charge is -2.38. The summed E-state index contributed by atoms with van der Waals surface area (Å²) in [5.41, 5.74) is 2.22. The van der Waals surface area contributed by atoms with Crippen LogP contribution in [-0.2, 0) is 11.2 Å². The van der Waals surface area contributed by atoms with Gasteiger partial charge in [-0.1, -0.05) is 18.3 Å². The molecule has 1 aromatic carbocycles. The van der Waals surface area contributed by atoms with Crippen LogP contribution in [0.4, 0.5) is 15.3 Å². The van der Waals surface area contributed by atoms with Crippen LogP contribution in [0.2, 0.25) is 0 Å². The molecule has 2 aliphatic rings. The highest BCUT2D eigenvalue weighted by atomic mass is 32.1. The summed E-state index contributed by atoms with van der Waals surface area (Å²) in [7, 11) is 1.95. The lowest BCUT2D eigenvalue weighted by Crippen LogP contribution is -2.56. The summed E-state index contributed by atoms with van der Waals surface area (Å²) >= 11 is 3.02. The van der Waals surface area contributed by atoms with E-state index in [0.29, 0.717) is 46.8 Å². The quantitative estimate of drug-likeness (QED) is 0.350. The molecule has 0 unspecified atom stereocenters. The predicted molar refractivity (Wildman–Crippen MR) is 154 cm³/mol. The van der Waals surface area contributed by atoms with Crippen LogP contribution in [0.5, 0.6) is 0 Å². The van der Waals surface area contributed by atoms with Crippen LogP contribution in [0.15, 0.2) is 30.5 Å². The number of hydrogen-bond acceptors (Lipinski definition) is 9. The van der Waals surface area contributed by atoms with Crippen molar-refractivity contribution in [1.82, 2.24) is 24.2 Å². The fraction of sp³-hybridized carbons (Fsp3) is 0.429. The van der Waals surface area contributed by atoms with Crippen molar-refractivity contribution in [3.63, 3.8) is 0 Å². The number of nitrogens with zero attached hydrogens (tertiary/aromatic N) is 7. The summed E-state index contributed by atoms with van der Waals surface area (Å²) in [4.78, 5) is 30.7. The number of aliphatic hydroxyl groups is 1. The van der Waals surface area contributed by atoms with Gasteiger partial charge in [0.05, 0.1) is 18.3 Å². The molecule has 0 atom stereocenters. The Morgan fingerprint density at radius 3 is 2.58 bits per heavy atom. The SMILES string of the molecule is CCc1nc2sc(C3CCN(CC(=O)N4CC(O)C4)CC3)cn2c1N(C)c1nc(-c2ccc(F)cc2)c(C#N)s1. The lowest BCUT2D eigenvalue weighted by molar-refractivity contribution is -0.142. The molecule has 12 heteroatoms. The third kappa shape index (κ3) is 4.99. The fourth-order valence-electron chi connectivity index (χ4n) is 5.43. The monoisotopic (exact) mass is 579 g/mol. The first kappa shape index (κ1) is 26.8. The van der Waals surface area contributed by atoms with Gasteiger partial charge in [-0.25, -0.2) is 14.4 Å². The number of anilines is 2. The van der Waals surface area contributed by atoms with Crippen molar-refractivity contribution in [3.8, 4) is 17.3 Å². The van der Waals surface area contributed by atoms with E-state index >= 15 is 0 Å². The summed E-state index contributed by atoms with van der Waals surface area (Å²) in [5.74, 6) is 1.11. The van der Waals surface area contributed by atoms with Gasteiger partial charge in [-0.05, 0) is 62.5 Å². The minimum atomic E-state index is -0.370. The number of thiazole rings is 2. The second-order valence-electron chi connectivity index (χ2n) is 10.4. The Labute approximate surface area is 239 Å². The molecule has 6 rings (SSSR count). The van der Waals surface area contributed by atoms with Crippen LogP contribution in [0.25, 0.3) is 16.2 Å². The molecule has 0 aliphatic carbocycles. The summed E-state index contributed by atoms with van der Waals surface area (Å²) in [6.07, 6.45) is 4.52. The molecular formula is C28H30FN7O2S2. The van der Waals surface area contributed by atoms with Gasteiger partial charge in [0.15, 0.2) is 10.1 Å². The molecule has 2 fully saturated rings. The summed E-state index contributed by atoms with van der Waals surface area (Å²) in [6, 6.07) is 8.29. The number of hydrogen-bond donors (Lipinski definition) is 1. The van der Waals surface area contributed by atoms with Crippen molar-refractivity contribution in [2.45, 2.75) is 38.2 Å². The Morgan fingerprint density at radius 2 is 1.93 bits per heavy atom. The first-order valence-corrected chi connectivity index (χ1v) is 15.1. The normalized spacial score (nSPS) is 16.8. The number of halogens is 1. The van der Waals surface area contributed by atoms with Gasteiger partial charge >= 0.3 is 0 Å². The second kappa shape index (κ2) is 10.9. The number of nitriles is 1. The molecule has 0 bridgehead atoms. The maximum Gasteiger partial charge on any atom is 0.236 e. The van der Waals surface area contributed by atoms with E-state index in [1.54, 1.807) is 28.4 Å². The van der Waals surface area contributed by atoms with Crippen LogP contribution in [-0.4, -0.2) is 81.1 Å². The molecular weight excluding hydrogens is 549 g/mol. The lowest BCUT2D eigenvalue weighted by atomic mass is 9.95. The number of carbonyl (C=O) groups excluding carboxylic acids is 1. The number of imidazole rings is 1. The van der Waals surface area contributed by atoms with Gasteiger partial charge in [0, 0.05) is 36.8 Å². The molecule has 1 N–H and O–H groups in total. The van der Waals surface area contributed by atoms with E-state index in [-0.39, 0.29) is 17.8 Å². The number of piperidine rings is 1. The number of amides is 1. The van der Waals surface area contributed by atoms with Crippen molar-refractivity contribution in [1.29, 1.82) is 5.26 Å². The zero-order chi connectivity index (χ0) is 28.0. The predicted octanol–water partition coefficient (Wildman–Crippen LogP) is 4.24. The Hall–Kier alpha value is -3.37. The van der Waals surface area contributed by atoms with Crippen molar-refractivity contribution in [3.05, 3.63) is 51.7 Å². The molecule has 208 valence electrons. The van der Waals surface area contributed by atoms with Crippen LogP contribution < -0.4 is 4.90 Å². The average Bonchev–Trinajstić information content (AvgIpc) is 3.64. The molecule has 0 saturated carbocycles. The van der Waals surface area contributed by atoms with E-state index in [0.717, 1.165) is 48.8 Å². The van der Waals surface area contributed by atoms with Crippen LogP contribution in [0.1, 0.15) is 41.1 Å². The standard InChI is InChI=1S/C28H30FN7O2S2/c1-3-21-26(33(2)27-32-25(22(12-30)39-27)18-4-6-19(29)7-5-18)36-15-23(40-28(36)31-21)17-8-10-34(11-9-17)16-24(38)35-13-20(37)14-35/h4-7,15,17,20,37H,3,8-11,13-14,16H2,1-2H3. The van der Waals surface area contributed by atoms with E-state index in [1.165, 1.54) is 28.3 Å². The average molecular weight is 580 g/mol.